The fourth-order valence-corrected chi connectivity index (χ4v) is 3.25. The van der Waals surface area contributed by atoms with E-state index in [4.69, 9.17) is 16.3 Å². The molecule has 0 saturated heterocycles. The summed E-state index contributed by atoms with van der Waals surface area (Å²) in [7, 11) is 1.49. The highest BCUT2D eigenvalue weighted by molar-refractivity contribution is 7.98. The van der Waals surface area contributed by atoms with Gasteiger partial charge in [-0.2, -0.15) is 4.98 Å². The van der Waals surface area contributed by atoms with Crippen LogP contribution in [0.2, 0.25) is 5.15 Å². The van der Waals surface area contributed by atoms with Crippen molar-refractivity contribution in [2.24, 2.45) is 0 Å². The first-order chi connectivity index (χ1) is 12.5. The highest BCUT2D eigenvalue weighted by Crippen LogP contribution is 2.28. The van der Waals surface area contributed by atoms with E-state index in [9.17, 15) is 13.2 Å². The molecule has 0 fully saturated rings. The first-order valence-electron chi connectivity index (χ1n) is 7.42. The van der Waals surface area contributed by atoms with Crippen LogP contribution in [0.3, 0.4) is 0 Å². The number of aromatic nitrogens is 2. The second-order valence-corrected chi connectivity index (χ2v) is 6.55. The molecule has 0 spiro atoms. The van der Waals surface area contributed by atoms with Crippen molar-refractivity contribution in [3.05, 3.63) is 70.6 Å². The molecule has 8 heteroatoms. The second-order valence-electron chi connectivity index (χ2n) is 5.22. The molecule has 0 N–H and O–H groups in total. The molecule has 3 aromatic rings. The molecule has 0 radical (unpaired) electrons. The summed E-state index contributed by atoms with van der Waals surface area (Å²) in [6.45, 7) is 0. The summed E-state index contributed by atoms with van der Waals surface area (Å²) in [6.07, 6.45) is 0. The van der Waals surface area contributed by atoms with Gasteiger partial charge in [-0.1, -0.05) is 47.6 Å². The molecule has 3 nitrogen and oxygen atoms in total. The van der Waals surface area contributed by atoms with Crippen molar-refractivity contribution in [2.45, 2.75) is 10.9 Å². The number of hydrogen-bond donors (Lipinski definition) is 0. The Bertz CT molecular complexity index is 938. The number of thioether (sulfide) groups is 1. The summed E-state index contributed by atoms with van der Waals surface area (Å²) >= 11 is 7.26. The number of nitrogens with zero attached hydrogens (tertiary/aromatic N) is 2. The Morgan fingerprint density at radius 3 is 2.42 bits per heavy atom. The Kier molecular flexibility index (Phi) is 5.68. The van der Waals surface area contributed by atoms with Gasteiger partial charge in [0.2, 0.25) is 5.88 Å². The van der Waals surface area contributed by atoms with Crippen LogP contribution in [0.4, 0.5) is 13.2 Å². The quantitative estimate of drug-likeness (QED) is 0.246. The van der Waals surface area contributed by atoms with Crippen LogP contribution in [0.15, 0.2) is 47.6 Å². The molecule has 0 bridgehead atoms. The van der Waals surface area contributed by atoms with E-state index in [-0.39, 0.29) is 10.7 Å². The Morgan fingerprint density at radius 2 is 1.73 bits per heavy atom. The standard InChI is InChI=1S/C18H12ClF3N2OS/c1-25-15-8-14(19)23-18(24-15)26-9-10-2-4-11(5-3-10)12-6-7-13(20)17(22)16(12)21/h2-8H,9H2,1H3. The van der Waals surface area contributed by atoms with Gasteiger partial charge in [0.15, 0.2) is 22.6 Å². The first kappa shape index (κ1) is 18.5. The Balaban J connectivity index is 1.74. The fourth-order valence-electron chi connectivity index (χ4n) is 2.22. The molecule has 0 atom stereocenters. The molecular weight excluding hydrogens is 385 g/mol. The SMILES string of the molecule is COc1cc(Cl)nc(SCc2ccc(-c3ccc(F)c(F)c3F)cc2)n1. The molecule has 0 unspecified atom stereocenters. The monoisotopic (exact) mass is 396 g/mol. The minimum Gasteiger partial charge on any atom is -0.481 e. The van der Waals surface area contributed by atoms with Crippen LogP contribution < -0.4 is 4.74 Å². The van der Waals surface area contributed by atoms with Crippen molar-refractivity contribution >= 4 is 23.4 Å². The van der Waals surface area contributed by atoms with Gasteiger partial charge >= 0.3 is 0 Å². The zero-order valence-corrected chi connectivity index (χ0v) is 15.0. The number of benzene rings is 2. The van der Waals surface area contributed by atoms with Gasteiger partial charge in [0.25, 0.3) is 0 Å². The maximum absolute atomic E-state index is 13.9. The van der Waals surface area contributed by atoms with Crippen LogP contribution in [0.1, 0.15) is 5.56 Å². The molecule has 3 rings (SSSR count). The topological polar surface area (TPSA) is 35.0 Å². The van der Waals surface area contributed by atoms with Gasteiger partial charge in [0, 0.05) is 17.4 Å². The Hall–Kier alpha value is -2.25. The third-order valence-corrected chi connectivity index (χ3v) is 4.64. The van der Waals surface area contributed by atoms with E-state index in [1.165, 1.54) is 31.0 Å². The fraction of sp³-hybridized carbons (Fsp3) is 0.111. The molecule has 0 saturated carbocycles. The molecule has 1 heterocycles. The van der Waals surface area contributed by atoms with Gasteiger partial charge in [-0.05, 0) is 23.3 Å². The van der Waals surface area contributed by atoms with Crippen molar-refractivity contribution in [3.63, 3.8) is 0 Å². The summed E-state index contributed by atoms with van der Waals surface area (Å²) in [4.78, 5) is 8.28. The van der Waals surface area contributed by atoms with Crippen LogP contribution in [0, 0.1) is 17.5 Å². The Labute approximate surface area is 157 Å². The molecule has 0 amide bonds. The zero-order chi connectivity index (χ0) is 18.7. The number of ether oxygens (including phenoxy) is 1. The van der Waals surface area contributed by atoms with Gasteiger partial charge in [0.1, 0.15) is 5.15 Å². The lowest BCUT2D eigenvalue weighted by Crippen LogP contribution is -1.94. The van der Waals surface area contributed by atoms with Crippen molar-refractivity contribution in [3.8, 4) is 17.0 Å². The van der Waals surface area contributed by atoms with Gasteiger partial charge in [-0.15, -0.1) is 0 Å². The minimum atomic E-state index is -1.48. The number of hydrogen-bond acceptors (Lipinski definition) is 4. The van der Waals surface area contributed by atoms with Crippen molar-refractivity contribution < 1.29 is 17.9 Å². The molecule has 0 aliphatic carbocycles. The Morgan fingerprint density at radius 1 is 1.00 bits per heavy atom. The van der Waals surface area contributed by atoms with Crippen molar-refractivity contribution in [1.82, 2.24) is 9.97 Å². The molecule has 134 valence electrons. The van der Waals surface area contributed by atoms with E-state index in [0.717, 1.165) is 11.6 Å². The highest BCUT2D eigenvalue weighted by atomic mass is 35.5. The van der Waals surface area contributed by atoms with Crippen LogP contribution in [-0.2, 0) is 5.75 Å². The molecule has 26 heavy (non-hydrogen) atoms. The molecule has 2 aromatic carbocycles. The van der Waals surface area contributed by atoms with Crippen LogP contribution >= 0.6 is 23.4 Å². The lowest BCUT2D eigenvalue weighted by molar-refractivity contribution is 0.392. The van der Waals surface area contributed by atoms with E-state index in [1.807, 2.05) is 0 Å². The average molecular weight is 397 g/mol. The predicted octanol–water partition coefficient (Wildman–Crippen LogP) is 5.52. The van der Waals surface area contributed by atoms with Crippen LogP contribution in [0.25, 0.3) is 11.1 Å². The summed E-state index contributed by atoms with van der Waals surface area (Å²) in [5, 5.41) is 0.744. The molecular formula is C18H12ClF3N2OS. The van der Waals surface area contributed by atoms with Crippen molar-refractivity contribution in [1.29, 1.82) is 0 Å². The van der Waals surface area contributed by atoms with Crippen LogP contribution in [0.5, 0.6) is 5.88 Å². The normalized spacial score (nSPS) is 10.8. The lowest BCUT2D eigenvalue weighted by Gasteiger charge is -2.07. The van der Waals surface area contributed by atoms with E-state index < -0.39 is 17.5 Å². The number of halogens is 4. The second kappa shape index (κ2) is 7.97. The minimum absolute atomic E-state index is 0.00557. The largest absolute Gasteiger partial charge is 0.481 e. The molecule has 0 aliphatic heterocycles. The predicted molar refractivity (Wildman–Crippen MR) is 94.9 cm³/mol. The summed E-state index contributed by atoms with van der Waals surface area (Å²) in [6, 6.07) is 10.5. The first-order valence-corrected chi connectivity index (χ1v) is 8.78. The van der Waals surface area contributed by atoms with Crippen molar-refractivity contribution in [2.75, 3.05) is 7.11 Å². The van der Waals surface area contributed by atoms with Crippen LogP contribution in [-0.4, -0.2) is 17.1 Å². The van der Waals surface area contributed by atoms with Gasteiger partial charge in [-0.25, -0.2) is 18.2 Å². The third-order valence-electron chi connectivity index (χ3n) is 3.53. The number of rotatable bonds is 5. The van der Waals surface area contributed by atoms with E-state index >= 15 is 0 Å². The lowest BCUT2D eigenvalue weighted by atomic mass is 10.0. The molecule has 1 aromatic heterocycles. The summed E-state index contributed by atoms with van der Waals surface area (Å²) in [5.41, 5.74) is 1.38. The van der Waals surface area contributed by atoms with Gasteiger partial charge in [0.05, 0.1) is 7.11 Å². The average Bonchev–Trinajstić information content (AvgIpc) is 2.65. The maximum Gasteiger partial charge on any atom is 0.218 e. The number of methoxy groups -OCH3 is 1. The smallest absolute Gasteiger partial charge is 0.218 e. The van der Waals surface area contributed by atoms with E-state index in [0.29, 0.717) is 22.4 Å². The van der Waals surface area contributed by atoms with Gasteiger partial charge in [-0.3, -0.25) is 0 Å². The van der Waals surface area contributed by atoms with Gasteiger partial charge < -0.3 is 4.74 Å². The highest BCUT2D eigenvalue weighted by Gasteiger charge is 2.14. The summed E-state index contributed by atoms with van der Waals surface area (Å²) in [5.74, 6) is -2.97. The maximum atomic E-state index is 13.9. The van der Waals surface area contributed by atoms with E-state index in [1.54, 1.807) is 24.3 Å². The summed E-state index contributed by atoms with van der Waals surface area (Å²) < 4.78 is 45.3. The molecule has 0 aliphatic rings. The van der Waals surface area contributed by atoms with E-state index in [2.05, 4.69) is 9.97 Å². The third kappa shape index (κ3) is 4.11. The zero-order valence-electron chi connectivity index (χ0n) is 13.5.